The number of ether oxygens (including phenoxy) is 1. The van der Waals surface area contributed by atoms with Crippen molar-refractivity contribution in [3.63, 3.8) is 0 Å². The van der Waals surface area contributed by atoms with Gasteiger partial charge >= 0.3 is 6.09 Å². The first-order chi connectivity index (χ1) is 15.2. The molecule has 166 valence electrons. The van der Waals surface area contributed by atoms with Crippen molar-refractivity contribution in [1.29, 1.82) is 5.26 Å². The van der Waals surface area contributed by atoms with Crippen LogP contribution in [0.25, 0.3) is 16.9 Å². The first-order valence-corrected chi connectivity index (χ1v) is 11.4. The molecule has 1 fully saturated rings. The van der Waals surface area contributed by atoms with Crippen LogP contribution in [0.4, 0.5) is 10.6 Å². The van der Waals surface area contributed by atoms with E-state index in [4.69, 9.17) is 4.74 Å². The summed E-state index contributed by atoms with van der Waals surface area (Å²) in [5.41, 5.74) is 0.739. The summed E-state index contributed by atoms with van der Waals surface area (Å²) in [5, 5.41) is 10.2. The molecule has 3 aromatic rings. The zero-order chi connectivity index (χ0) is 23.0. The highest BCUT2D eigenvalue weighted by Crippen LogP contribution is 2.33. The van der Waals surface area contributed by atoms with Crippen molar-refractivity contribution in [2.24, 2.45) is 0 Å². The van der Waals surface area contributed by atoms with Crippen LogP contribution in [0.3, 0.4) is 0 Å². The predicted octanol–water partition coefficient (Wildman–Crippen LogP) is 3.74. The summed E-state index contributed by atoms with van der Waals surface area (Å²) in [6.45, 7) is 9.42. The standard InChI is InChI=1S/C22H24IN7O2/c1-14-11-28(21(31)32-22(2,3)4)7-8-29(14)19-18-16(23)12-30(20(18)27-13-26-19)17-9-15(10-24)5-6-25-17/h5-6,9,12-14H,7-8,11H2,1-4H3. The van der Waals surface area contributed by atoms with E-state index in [0.29, 0.717) is 31.0 Å². The monoisotopic (exact) mass is 545 g/mol. The Morgan fingerprint density at radius 3 is 2.75 bits per heavy atom. The van der Waals surface area contributed by atoms with E-state index < -0.39 is 5.60 Å². The number of hydrogen-bond acceptors (Lipinski definition) is 7. The van der Waals surface area contributed by atoms with Crippen LogP contribution >= 0.6 is 22.6 Å². The number of amides is 1. The minimum Gasteiger partial charge on any atom is -0.444 e. The second-order valence-corrected chi connectivity index (χ2v) is 9.89. The van der Waals surface area contributed by atoms with Crippen LogP contribution in [0.2, 0.25) is 0 Å². The number of pyridine rings is 1. The second kappa shape index (κ2) is 8.54. The van der Waals surface area contributed by atoms with E-state index in [1.54, 1.807) is 29.6 Å². The van der Waals surface area contributed by atoms with Gasteiger partial charge in [-0.1, -0.05) is 0 Å². The molecule has 9 nitrogen and oxygen atoms in total. The molecule has 0 spiro atoms. The van der Waals surface area contributed by atoms with E-state index in [0.717, 1.165) is 20.4 Å². The van der Waals surface area contributed by atoms with E-state index in [1.807, 2.05) is 31.5 Å². The Kier molecular flexibility index (Phi) is 5.94. The van der Waals surface area contributed by atoms with Crippen molar-refractivity contribution in [3.05, 3.63) is 40.0 Å². The molecule has 1 atom stereocenters. The van der Waals surface area contributed by atoms with Crippen LogP contribution in [0.5, 0.6) is 0 Å². The van der Waals surface area contributed by atoms with Gasteiger partial charge in [0, 0.05) is 41.6 Å². The summed E-state index contributed by atoms with van der Waals surface area (Å²) in [6.07, 6.45) is 4.83. The summed E-state index contributed by atoms with van der Waals surface area (Å²) >= 11 is 2.28. The highest BCUT2D eigenvalue weighted by molar-refractivity contribution is 14.1. The topological polar surface area (TPSA) is 100 Å². The van der Waals surface area contributed by atoms with E-state index in [9.17, 15) is 10.1 Å². The van der Waals surface area contributed by atoms with E-state index in [1.165, 1.54) is 0 Å². The van der Waals surface area contributed by atoms with Gasteiger partial charge < -0.3 is 14.5 Å². The van der Waals surface area contributed by atoms with Crippen LogP contribution in [0.15, 0.2) is 30.9 Å². The molecule has 1 unspecified atom stereocenters. The fourth-order valence-electron chi connectivity index (χ4n) is 3.78. The van der Waals surface area contributed by atoms with Gasteiger partial charge in [-0.25, -0.2) is 19.7 Å². The molecule has 0 saturated carbocycles. The molecular weight excluding hydrogens is 521 g/mol. The van der Waals surface area contributed by atoms with E-state index in [-0.39, 0.29) is 12.1 Å². The number of fused-ring (bicyclic) bond motifs is 1. The van der Waals surface area contributed by atoms with Crippen molar-refractivity contribution in [3.8, 4) is 11.9 Å². The third-order valence-corrected chi connectivity index (χ3v) is 6.01. The van der Waals surface area contributed by atoms with Gasteiger partial charge in [-0.3, -0.25) is 4.57 Å². The number of aromatic nitrogens is 4. The van der Waals surface area contributed by atoms with E-state index in [2.05, 4.69) is 55.4 Å². The number of nitrogens with zero attached hydrogens (tertiary/aromatic N) is 7. The molecule has 4 heterocycles. The number of anilines is 1. The number of nitriles is 1. The van der Waals surface area contributed by atoms with Crippen molar-refractivity contribution in [1.82, 2.24) is 24.4 Å². The third kappa shape index (κ3) is 4.34. The Morgan fingerprint density at radius 1 is 1.28 bits per heavy atom. The minimum absolute atomic E-state index is 0.0496. The number of carbonyl (C=O) groups excluding carboxylic acids is 1. The Balaban J connectivity index is 1.65. The van der Waals surface area contributed by atoms with Gasteiger partial charge in [0.2, 0.25) is 0 Å². The molecular formula is C22H24IN7O2. The van der Waals surface area contributed by atoms with Gasteiger partial charge in [-0.2, -0.15) is 5.26 Å². The molecule has 4 rings (SSSR count). The summed E-state index contributed by atoms with van der Waals surface area (Å²) in [7, 11) is 0. The Bertz CT molecular complexity index is 1210. The maximum atomic E-state index is 12.5. The maximum Gasteiger partial charge on any atom is 0.410 e. The van der Waals surface area contributed by atoms with Crippen LogP contribution in [-0.4, -0.2) is 61.8 Å². The number of halogens is 1. The molecule has 0 radical (unpaired) electrons. The predicted molar refractivity (Wildman–Crippen MR) is 129 cm³/mol. The SMILES string of the molecule is CC1CN(C(=O)OC(C)(C)C)CCN1c1ncnc2c1c(I)cn2-c1cc(C#N)ccn1. The highest BCUT2D eigenvalue weighted by Gasteiger charge is 2.32. The largest absolute Gasteiger partial charge is 0.444 e. The summed E-state index contributed by atoms with van der Waals surface area (Å²) in [5.74, 6) is 1.45. The van der Waals surface area contributed by atoms with Gasteiger partial charge in [-0.15, -0.1) is 0 Å². The highest BCUT2D eigenvalue weighted by atomic mass is 127. The lowest BCUT2D eigenvalue weighted by Gasteiger charge is -2.41. The molecule has 32 heavy (non-hydrogen) atoms. The maximum absolute atomic E-state index is 12.5. The van der Waals surface area contributed by atoms with Crippen molar-refractivity contribution in [2.45, 2.75) is 39.3 Å². The van der Waals surface area contributed by atoms with Crippen LogP contribution in [0, 0.1) is 14.9 Å². The van der Waals surface area contributed by atoms with Crippen molar-refractivity contribution < 1.29 is 9.53 Å². The fourth-order valence-corrected chi connectivity index (χ4v) is 4.54. The van der Waals surface area contributed by atoms with Gasteiger partial charge in [0.05, 0.1) is 17.0 Å². The molecule has 1 amide bonds. The number of rotatable bonds is 2. The van der Waals surface area contributed by atoms with Crippen LogP contribution in [-0.2, 0) is 4.74 Å². The molecule has 0 N–H and O–H groups in total. The molecule has 0 bridgehead atoms. The molecule has 3 aromatic heterocycles. The molecule has 10 heteroatoms. The average molecular weight is 545 g/mol. The Hall–Kier alpha value is -2.94. The van der Waals surface area contributed by atoms with Gasteiger partial charge in [0.25, 0.3) is 0 Å². The normalized spacial score (nSPS) is 16.8. The first kappa shape index (κ1) is 22.3. The molecule has 1 aliphatic heterocycles. The minimum atomic E-state index is -0.522. The first-order valence-electron chi connectivity index (χ1n) is 10.3. The van der Waals surface area contributed by atoms with Crippen molar-refractivity contribution >= 4 is 45.5 Å². The molecule has 1 saturated heterocycles. The van der Waals surface area contributed by atoms with E-state index >= 15 is 0 Å². The molecule has 0 aromatic carbocycles. The zero-order valence-corrected chi connectivity index (χ0v) is 20.6. The van der Waals surface area contributed by atoms with Gasteiger partial charge in [0.15, 0.2) is 5.65 Å². The smallest absolute Gasteiger partial charge is 0.410 e. The number of piperazine rings is 1. The van der Waals surface area contributed by atoms with Crippen LogP contribution < -0.4 is 4.90 Å². The lowest BCUT2D eigenvalue weighted by atomic mass is 10.1. The Labute approximate surface area is 200 Å². The Morgan fingerprint density at radius 2 is 2.06 bits per heavy atom. The lowest BCUT2D eigenvalue weighted by Crippen LogP contribution is -2.54. The summed E-state index contributed by atoms with van der Waals surface area (Å²) in [6, 6.07) is 5.61. The summed E-state index contributed by atoms with van der Waals surface area (Å²) in [4.78, 5) is 30.0. The fraction of sp³-hybridized carbons (Fsp3) is 0.409. The van der Waals surface area contributed by atoms with Gasteiger partial charge in [-0.05, 0) is 62.4 Å². The number of hydrogen-bond donors (Lipinski definition) is 0. The second-order valence-electron chi connectivity index (χ2n) is 8.73. The molecule has 0 aliphatic carbocycles. The third-order valence-electron chi connectivity index (χ3n) is 5.19. The zero-order valence-electron chi connectivity index (χ0n) is 18.4. The summed E-state index contributed by atoms with van der Waals surface area (Å²) < 4.78 is 8.40. The molecule has 1 aliphatic rings. The quantitative estimate of drug-likeness (QED) is 0.453. The average Bonchev–Trinajstić information content (AvgIpc) is 3.09. The van der Waals surface area contributed by atoms with Crippen LogP contribution in [0.1, 0.15) is 33.3 Å². The number of carbonyl (C=O) groups is 1. The van der Waals surface area contributed by atoms with Crippen molar-refractivity contribution in [2.75, 3.05) is 24.5 Å². The van der Waals surface area contributed by atoms with Gasteiger partial charge in [0.1, 0.15) is 23.6 Å². The lowest BCUT2D eigenvalue weighted by molar-refractivity contribution is 0.0218.